The molecular formula is C27H37N3O2. The molecule has 0 bridgehead atoms. The number of hydrogen-bond donors (Lipinski definition) is 0. The first kappa shape index (κ1) is 24.0. The molecule has 2 aromatic rings. The summed E-state index contributed by atoms with van der Waals surface area (Å²) in [4.78, 5) is 8.79. The molecule has 1 fully saturated rings. The fourth-order valence-corrected chi connectivity index (χ4v) is 4.35. The van der Waals surface area contributed by atoms with Gasteiger partial charge in [-0.1, -0.05) is 64.9 Å². The maximum atomic E-state index is 9.47. The first-order valence-electron chi connectivity index (χ1n) is 12.4. The highest BCUT2D eigenvalue weighted by Gasteiger charge is 2.21. The molecule has 1 saturated carbocycles. The number of hydrogen-bond acceptors (Lipinski definition) is 5. The maximum Gasteiger partial charge on any atom is 0.316 e. The van der Waals surface area contributed by atoms with E-state index in [2.05, 4.69) is 29.9 Å². The van der Waals surface area contributed by atoms with E-state index in [0.717, 1.165) is 29.9 Å². The molecule has 1 aromatic heterocycles. The minimum Gasteiger partial charge on any atom is -0.492 e. The third-order valence-electron chi connectivity index (χ3n) is 6.45. The van der Waals surface area contributed by atoms with Gasteiger partial charge in [-0.3, -0.25) is 0 Å². The first-order chi connectivity index (χ1) is 15.7. The Morgan fingerprint density at radius 2 is 1.62 bits per heavy atom. The van der Waals surface area contributed by atoms with E-state index >= 15 is 0 Å². The van der Waals surface area contributed by atoms with Gasteiger partial charge in [0, 0.05) is 18.0 Å². The quantitative estimate of drug-likeness (QED) is 0.337. The predicted octanol–water partition coefficient (Wildman–Crippen LogP) is 6.96. The molecule has 172 valence electrons. The summed E-state index contributed by atoms with van der Waals surface area (Å²) in [6.07, 6.45) is 16.2. The van der Waals surface area contributed by atoms with E-state index < -0.39 is 0 Å². The number of benzene rings is 1. The van der Waals surface area contributed by atoms with Crippen molar-refractivity contribution in [3.8, 4) is 29.0 Å². The summed E-state index contributed by atoms with van der Waals surface area (Å²) in [6.45, 7) is 5.71. The van der Waals surface area contributed by atoms with Gasteiger partial charge < -0.3 is 9.47 Å². The van der Waals surface area contributed by atoms with Crippen molar-refractivity contribution in [1.29, 1.82) is 5.26 Å². The normalized spacial score (nSPS) is 18.2. The molecule has 5 nitrogen and oxygen atoms in total. The van der Waals surface area contributed by atoms with Crippen LogP contribution in [-0.4, -0.2) is 23.2 Å². The third-order valence-corrected chi connectivity index (χ3v) is 6.45. The summed E-state index contributed by atoms with van der Waals surface area (Å²) in [5, 5.41) is 9.47. The van der Waals surface area contributed by atoms with Gasteiger partial charge in [0.15, 0.2) is 0 Å². The van der Waals surface area contributed by atoms with Gasteiger partial charge in [0.25, 0.3) is 0 Å². The second-order valence-electron chi connectivity index (χ2n) is 8.97. The van der Waals surface area contributed by atoms with Crippen LogP contribution in [0.4, 0.5) is 0 Å². The first-order valence-corrected chi connectivity index (χ1v) is 12.4. The Morgan fingerprint density at radius 1 is 0.906 bits per heavy atom. The van der Waals surface area contributed by atoms with Gasteiger partial charge in [-0.2, -0.15) is 5.26 Å². The highest BCUT2D eigenvalue weighted by molar-refractivity contribution is 5.66. The topological polar surface area (TPSA) is 68.0 Å². The Bertz CT molecular complexity index is 852. The Labute approximate surface area is 193 Å². The highest BCUT2D eigenvalue weighted by atomic mass is 16.5. The second-order valence-corrected chi connectivity index (χ2v) is 8.97. The molecule has 0 amide bonds. The second kappa shape index (κ2) is 13.1. The minimum absolute atomic E-state index is 0.429. The van der Waals surface area contributed by atoms with Crippen LogP contribution < -0.4 is 9.47 Å². The van der Waals surface area contributed by atoms with E-state index in [0.29, 0.717) is 36.5 Å². The van der Waals surface area contributed by atoms with Crippen molar-refractivity contribution >= 4 is 0 Å². The smallest absolute Gasteiger partial charge is 0.316 e. The van der Waals surface area contributed by atoms with E-state index in [-0.39, 0.29) is 0 Å². The van der Waals surface area contributed by atoms with Crippen LogP contribution >= 0.6 is 0 Å². The maximum absolute atomic E-state index is 9.47. The van der Waals surface area contributed by atoms with Crippen LogP contribution in [0.25, 0.3) is 11.1 Å². The Hall–Kier alpha value is -2.61. The largest absolute Gasteiger partial charge is 0.492 e. The minimum atomic E-state index is 0.429. The Balaban J connectivity index is 1.48. The molecule has 1 heterocycles. The number of unbranched alkanes of at least 4 members (excludes halogenated alkanes) is 3. The average Bonchev–Trinajstić information content (AvgIpc) is 2.84. The monoisotopic (exact) mass is 435 g/mol. The molecule has 0 aliphatic heterocycles. The molecule has 0 unspecified atom stereocenters. The van der Waals surface area contributed by atoms with E-state index in [1.165, 1.54) is 51.4 Å². The summed E-state index contributed by atoms with van der Waals surface area (Å²) in [5.74, 6) is 2.15. The van der Waals surface area contributed by atoms with Gasteiger partial charge >= 0.3 is 6.01 Å². The van der Waals surface area contributed by atoms with Crippen LogP contribution in [0.2, 0.25) is 0 Å². The lowest BCUT2D eigenvalue weighted by atomic mass is 9.80. The van der Waals surface area contributed by atoms with Gasteiger partial charge in [0.2, 0.25) is 0 Å². The molecule has 5 heteroatoms. The van der Waals surface area contributed by atoms with E-state index in [9.17, 15) is 5.26 Å². The summed E-state index contributed by atoms with van der Waals surface area (Å²) in [5.41, 5.74) is 2.29. The lowest BCUT2D eigenvalue weighted by molar-refractivity contribution is 0.169. The van der Waals surface area contributed by atoms with Crippen molar-refractivity contribution in [2.45, 2.75) is 78.1 Å². The lowest BCUT2D eigenvalue weighted by Gasteiger charge is -2.28. The number of ether oxygens (including phenoxy) is 2. The summed E-state index contributed by atoms with van der Waals surface area (Å²) < 4.78 is 11.6. The molecule has 0 radical (unpaired) electrons. The van der Waals surface area contributed by atoms with Gasteiger partial charge in [0.05, 0.1) is 18.8 Å². The summed E-state index contributed by atoms with van der Waals surface area (Å²) in [7, 11) is 0. The summed E-state index contributed by atoms with van der Waals surface area (Å²) in [6, 6.07) is 8.29. The van der Waals surface area contributed by atoms with Crippen LogP contribution in [0.1, 0.15) is 83.6 Å². The molecule has 1 aromatic carbocycles. The van der Waals surface area contributed by atoms with Crippen molar-refractivity contribution in [3.05, 3.63) is 36.2 Å². The van der Waals surface area contributed by atoms with E-state index in [1.807, 2.05) is 18.2 Å². The molecule has 1 aliphatic carbocycles. The molecule has 3 rings (SSSR count). The van der Waals surface area contributed by atoms with Crippen molar-refractivity contribution in [3.63, 3.8) is 0 Å². The van der Waals surface area contributed by atoms with Gasteiger partial charge in [-0.15, -0.1) is 0 Å². The predicted molar refractivity (Wildman–Crippen MR) is 128 cm³/mol. The molecule has 32 heavy (non-hydrogen) atoms. The zero-order chi connectivity index (χ0) is 22.6. The highest BCUT2D eigenvalue weighted by Crippen LogP contribution is 2.32. The SMILES string of the molecule is CCCCC[C@H]1CC[C@H](COc2ncc(-c3ccc(OCCCC)c(C#N)c3)cn2)CC1. The molecule has 0 atom stereocenters. The third kappa shape index (κ3) is 7.22. The van der Waals surface area contributed by atoms with Crippen LogP contribution in [-0.2, 0) is 0 Å². The van der Waals surface area contributed by atoms with Crippen LogP contribution in [0.5, 0.6) is 11.8 Å². The van der Waals surface area contributed by atoms with Crippen molar-refractivity contribution in [1.82, 2.24) is 9.97 Å². The zero-order valence-electron chi connectivity index (χ0n) is 19.7. The van der Waals surface area contributed by atoms with Crippen molar-refractivity contribution < 1.29 is 9.47 Å². The van der Waals surface area contributed by atoms with Crippen LogP contribution in [0.3, 0.4) is 0 Å². The van der Waals surface area contributed by atoms with Crippen molar-refractivity contribution in [2.75, 3.05) is 13.2 Å². The number of aromatic nitrogens is 2. The standard InChI is InChI=1S/C27H37N3O2/c1-3-5-7-8-21-9-11-22(12-10-21)20-32-27-29-18-25(19-30-27)23-13-14-26(24(16-23)17-28)31-15-6-4-2/h13-14,16,18-19,21-22H,3-12,15,20H2,1-2H3/t21-,22-. The van der Waals surface area contributed by atoms with Gasteiger partial charge in [-0.05, 0) is 48.8 Å². The molecule has 1 aliphatic rings. The molecule has 0 saturated heterocycles. The van der Waals surface area contributed by atoms with Crippen molar-refractivity contribution in [2.24, 2.45) is 11.8 Å². The summed E-state index contributed by atoms with van der Waals surface area (Å²) >= 11 is 0. The lowest BCUT2D eigenvalue weighted by Crippen LogP contribution is -2.20. The Morgan fingerprint density at radius 3 is 2.31 bits per heavy atom. The van der Waals surface area contributed by atoms with Crippen LogP contribution in [0, 0.1) is 23.2 Å². The number of nitriles is 1. The van der Waals surface area contributed by atoms with E-state index in [4.69, 9.17) is 9.47 Å². The Kier molecular flexibility index (Phi) is 9.81. The van der Waals surface area contributed by atoms with Gasteiger partial charge in [-0.25, -0.2) is 9.97 Å². The fourth-order valence-electron chi connectivity index (χ4n) is 4.35. The fraction of sp³-hybridized carbons (Fsp3) is 0.593. The van der Waals surface area contributed by atoms with Crippen LogP contribution in [0.15, 0.2) is 30.6 Å². The van der Waals surface area contributed by atoms with Gasteiger partial charge in [0.1, 0.15) is 11.8 Å². The average molecular weight is 436 g/mol. The number of nitrogens with zero attached hydrogens (tertiary/aromatic N) is 3. The molecule has 0 N–H and O–H groups in total. The molecule has 0 spiro atoms. The van der Waals surface area contributed by atoms with E-state index in [1.54, 1.807) is 12.4 Å². The molecular weight excluding hydrogens is 398 g/mol. The number of rotatable bonds is 12. The zero-order valence-corrected chi connectivity index (χ0v) is 19.7.